The van der Waals surface area contributed by atoms with Crippen molar-refractivity contribution in [2.45, 2.75) is 33.2 Å². The third-order valence-corrected chi connectivity index (χ3v) is 3.90. The van der Waals surface area contributed by atoms with Gasteiger partial charge in [-0.15, -0.1) is 11.3 Å². The van der Waals surface area contributed by atoms with E-state index in [0.29, 0.717) is 0 Å². The standard InChI is InChI=1S/C11H16N2O2S/c1-11(2,3)8-7-6(4-5-12-8)13-9(16-7)10(14)15/h8,12H,4-5H2,1-3H3,(H,14,15). The molecule has 2 heterocycles. The molecular formula is C11H16N2O2S. The molecular weight excluding hydrogens is 224 g/mol. The van der Waals surface area contributed by atoms with Crippen LogP contribution in [0.4, 0.5) is 0 Å². The SMILES string of the molecule is CC(C)(C)C1NCCc2nc(C(=O)O)sc21. The quantitative estimate of drug-likeness (QED) is 0.789. The minimum absolute atomic E-state index is 0.0808. The van der Waals surface area contributed by atoms with Crippen LogP contribution in [0.2, 0.25) is 0 Å². The van der Waals surface area contributed by atoms with E-state index in [2.05, 4.69) is 31.1 Å². The van der Waals surface area contributed by atoms with Crippen molar-refractivity contribution in [3.63, 3.8) is 0 Å². The molecule has 5 heteroatoms. The number of aromatic nitrogens is 1. The van der Waals surface area contributed by atoms with Crippen molar-refractivity contribution in [3.8, 4) is 0 Å². The summed E-state index contributed by atoms with van der Waals surface area (Å²) >= 11 is 1.31. The van der Waals surface area contributed by atoms with E-state index in [1.54, 1.807) is 0 Å². The van der Waals surface area contributed by atoms with Gasteiger partial charge in [0.1, 0.15) is 0 Å². The molecule has 0 saturated carbocycles. The van der Waals surface area contributed by atoms with Gasteiger partial charge in [0.2, 0.25) is 5.01 Å². The number of thiazole rings is 1. The van der Waals surface area contributed by atoms with E-state index in [1.165, 1.54) is 11.3 Å². The third kappa shape index (κ3) is 1.97. The van der Waals surface area contributed by atoms with Gasteiger partial charge in [0.15, 0.2) is 0 Å². The first-order valence-corrected chi connectivity index (χ1v) is 6.17. The van der Waals surface area contributed by atoms with Crippen molar-refractivity contribution in [1.29, 1.82) is 0 Å². The maximum atomic E-state index is 10.9. The first-order chi connectivity index (χ1) is 7.39. The molecule has 1 aliphatic heterocycles. The second-order valence-corrected chi connectivity index (χ2v) is 6.17. The summed E-state index contributed by atoms with van der Waals surface area (Å²) in [5.74, 6) is -0.924. The summed E-state index contributed by atoms with van der Waals surface area (Å²) in [6.07, 6.45) is 0.825. The Hall–Kier alpha value is -0.940. The van der Waals surface area contributed by atoms with Gasteiger partial charge in [-0.25, -0.2) is 9.78 Å². The van der Waals surface area contributed by atoms with Crippen LogP contribution < -0.4 is 5.32 Å². The van der Waals surface area contributed by atoms with E-state index in [0.717, 1.165) is 23.5 Å². The van der Waals surface area contributed by atoms with Gasteiger partial charge in [-0.05, 0) is 5.41 Å². The highest BCUT2D eigenvalue weighted by Gasteiger charge is 2.33. The highest BCUT2D eigenvalue weighted by Crippen LogP contribution is 2.39. The number of hydrogen-bond acceptors (Lipinski definition) is 4. The van der Waals surface area contributed by atoms with Crippen LogP contribution >= 0.6 is 11.3 Å². The van der Waals surface area contributed by atoms with E-state index < -0.39 is 5.97 Å². The molecule has 0 radical (unpaired) electrons. The largest absolute Gasteiger partial charge is 0.476 e. The number of nitrogens with zero attached hydrogens (tertiary/aromatic N) is 1. The lowest BCUT2D eigenvalue weighted by Crippen LogP contribution is -2.37. The van der Waals surface area contributed by atoms with Gasteiger partial charge in [-0.1, -0.05) is 20.8 Å². The molecule has 88 valence electrons. The number of fused-ring (bicyclic) bond motifs is 1. The van der Waals surface area contributed by atoms with Crippen LogP contribution in [0.1, 0.15) is 47.2 Å². The molecule has 1 aromatic rings. The Balaban J connectivity index is 2.42. The predicted octanol–water partition coefficient (Wildman–Crippen LogP) is 2.07. The number of carbonyl (C=O) groups is 1. The predicted molar refractivity (Wildman–Crippen MR) is 63.0 cm³/mol. The molecule has 1 unspecified atom stereocenters. The van der Waals surface area contributed by atoms with Crippen molar-refractivity contribution in [2.24, 2.45) is 5.41 Å². The summed E-state index contributed by atoms with van der Waals surface area (Å²) < 4.78 is 0. The zero-order chi connectivity index (χ0) is 11.9. The zero-order valence-electron chi connectivity index (χ0n) is 9.70. The Morgan fingerprint density at radius 2 is 2.25 bits per heavy atom. The lowest BCUT2D eigenvalue weighted by Gasteiger charge is -2.34. The van der Waals surface area contributed by atoms with Crippen molar-refractivity contribution >= 4 is 17.3 Å². The smallest absolute Gasteiger partial charge is 0.365 e. The number of nitrogens with one attached hydrogen (secondary N) is 1. The monoisotopic (exact) mass is 240 g/mol. The highest BCUT2D eigenvalue weighted by atomic mass is 32.1. The first-order valence-electron chi connectivity index (χ1n) is 5.36. The lowest BCUT2D eigenvalue weighted by atomic mass is 9.83. The average Bonchev–Trinajstić information content (AvgIpc) is 2.58. The highest BCUT2D eigenvalue weighted by molar-refractivity contribution is 7.13. The Morgan fingerprint density at radius 1 is 1.56 bits per heavy atom. The minimum atomic E-state index is -0.924. The number of aromatic carboxylic acids is 1. The van der Waals surface area contributed by atoms with Gasteiger partial charge in [-0.3, -0.25) is 0 Å². The van der Waals surface area contributed by atoms with Crippen LogP contribution in [0.15, 0.2) is 0 Å². The number of rotatable bonds is 1. The summed E-state index contributed by atoms with van der Waals surface area (Å²) in [7, 11) is 0. The fourth-order valence-corrected chi connectivity index (χ4v) is 3.26. The van der Waals surface area contributed by atoms with Crippen LogP contribution in [-0.4, -0.2) is 22.6 Å². The van der Waals surface area contributed by atoms with Crippen molar-refractivity contribution < 1.29 is 9.90 Å². The van der Waals surface area contributed by atoms with Crippen molar-refractivity contribution in [2.75, 3.05) is 6.54 Å². The van der Waals surface area contributed by atoms with E-state index >= 15 is 0 Å². The minimum Gasteiger partial charge on any atom is -0.476 e. The summed E-state index contributed by atoms with van der Waals surface area (Å²) in [6, 6.07) is 0.210. The fraction of sp³-hybridized carbons (Fsp3) is 0.636. The molecule has 2 rings (SSSR count). The summed E-state index contributed by atoms with van der Waals surface area (Å²) in [5, 5.41) is 12.6. The fourth-order valence-electron chi connectivity index (χ4n) is 1.99. The topological polar surface area (TPSA) is 62.2 Å². The van der Waals surface area contributed by atoms with Gasteiger partial charge in [0.05, 0.1) is 5.69 Å². The van der Waals surface area contributed by atoms with Crippen LogP contribution in [-0.2, 0) is 6.42 Å². The maximum absolute atomic E-state index is 10.9. The van der Waals surface area contributed by atoms with Gasteiger partial charge in [0, 0.05) is 23.9 Å². The van der Waals surface area contributed by atoms with Crippen LogP contribution in [0.5, 0.6) is 0 Å². The first kappa shape index (κ1) is 11.5. The van der Waals surface area contributed by atoms with Gasteiger partial charge < -0.3 is 10.4 Å². The molecule has 1 aliphatic rings. The van der Waals surface area contributed by atoms with Gasteiger partial charge in [-0.2, -0.15) is 0 Å². The summed E-state index contributed by atoms with van der Waals surface area (Å²) in [5.41, 5.74) is 1.04. The molecule has 1 atom stereocenters. The Morgan fingerprint density at radius 3 is 2.81 bits per heavy atom. The molecule has 0 saturated heterocycles. The molecule has 1 aromatic heterocycles. The average molecular weight is 240 g/mol. The van der Waals surface area contributed by atoms with Crippen molar-refractivity contribution in [1.82, 2.24) is 10.3 Å². The molecule has 2 N–H and O–H groups in total. The number of carboxylic acids is 1. The second-order valence-electron chi connectivity index (χ2n) is 5.14. The molecule has 0 amide bonds. The molecule has 0 spiro atoms. The summed E-state index contributed by atoms with van der Waals surface area (Å²) in [4.78, 5) is 16.2. The Kier molecular flexibility index (Phi) is 2.75. The van der Waals surface area contributed by atoms with Gasteiger partial charge >= 0.3 is 5.97 Å². The lowest BCUT2D eigenvalue weighted by molar-refractivity contribution is 0.0696. The molecule has 0 aromatic carbocycles. The molecule has 0 aliphatic carbocycles. The number of hydrogen-bond donors (Lipinski definition) is 2. The summed E-state index contributed by atoms with van der Waals surface area (Å²) in [6.45, 7) is 7.33. The third-order valence-electron chi connectivity index (χ3n) is 2.75. The molecule has 4 nitrogen and oxygen atoms in total. The Labute approximate surface area is 98.7 Å². The Bertz CT molecular complexity index is 420. The van der Waals surface area contributed by atoms with Gasteiger partial charge in [0.25, 0.3) is 0 Å². The molecule has 0 bridgehead atoms. The number of carboxylic acid groups (broad SMARTS) is 1. The second kappa shape index (κ2) is 3.82. The van der Waals surface area contributed by atoms with Crippen LogP contribution in [0, 0.1) is 5.41 Å². The van der Waals surface area contributed by atoms with E-state index in [9.17, 15) is 4.79 Å². The molecule has 0 fully saturated rings. The zero-order valence-corrected chi connectivity index (χ0v) is 10.5. The maximum Gasteiger partial charge on any atom is 0.365 e. The van der Waals surface area contributed by atoms with Crippen molar-refractivity contribution in [3.05, 3.63) is 15.6 Å². The van der Waals surface area contributed by atoms with Crippen LogP contribution in [0.3, 0.4) is 0 Å². The van der Waals surface area contributed by atoms with E-state index in [4.69, 9.17) is 5.11 Å². The van der Waals surface area contributed by atoms with Crippen LogP contribution in [0.25, 0.3) is 0 Å². The molecule has 16 heavy (non-hydrogen) atoms. The van der Waals surface area contributed by atoms with E-state index in [1.807, 2.05) is 0 Å². The normalized spacial score (nSPS) is 20.6. The van der Waals surface area contributed by atoms with E-state index in [-0.39, 0.29) is 16.5 Å².